The van der Waals surface area contributed by atoms with Crippen LogP contribution >= 0.6 is 0 Å². The third-order valence-corrected chi connectivity index (χ3v) is 7.02. The van der Waals surface area contributed by atoms with Gasteiger partial charge in [0.15, 0.2) is 5.69 Å². The highest BCUT2D eigenvalue weighted by molar-refractivity contribution is 6.06. The Labute approximate surface area is 188 Å². The van der Waals surface area contributed by atoms with Crippen LogP contribution in [-0.2, 0) is 11.3 Å². The minimum absolute atomic E-state index is 0.148. The van der Waals surface area contributed by atoms with Crippen molar-refractivity contribution in [2.24, 2.45) is 0 Å². The Bertz CT molecular complexity index is 1070. The van der Waals surface area contributed by atoms with E-state index in [-0.39, 0.29) is 36.0 Å². The molecule has 1 aromatic carbocycles. The van der Waals surface area contributed by atoms with E-state index < -0.39 is 5.54 Å². The summed E-state index contributed by atoms with van der Waals surface area (Å²) < 4.78 is 1.49. The fraction of sp³-hybridized carbons (Fsp3) is 0.500. The average Bonchev–Trinajstić information content (AvgIpc) is 3.20. The maximum atomic E-state index is 13.2. The Kier molecular flexibility index (Phi) is 5.79. The van der Waals surface area contributed by atoms with Crippen LogP contribution in [0.4, 0.5) is 5.69 Å². The van der Waals surface area contributed by atoms with Crippen molar-refractivity contribution in [1.82, 2.24) is 20.0 Å². The first-order chi connectivity index (χ1) is 15.2. The number of carbonyl (C=O) groups is 3. The Balaban J connectivity index is 1.55. The van der Waals surface area contributed by atoms with Gasteiger partial charge in [0, 0.05) is 24.8 Å². The van der Waals surface area contributed by atoms with Gasteiger partial charge in [0.2, 0.25) is 5.91 Å². The predicted octanol–water partition coefficient (Wildman–Crippen LogP) is 3.05. The number of hydrogen-bond donors (Lipinski definition) is 2. The van der Waals surface area contributed by atoms with Gasteiger partial charge in [-0.2, -0.15) is 5.10 Å². The number of fused-ring (bicyclic) bond motifs is 1. The Morgan fingerprint density at radius 2 is 1.88 bits per heavy atom. The van der Waals surface area contributed by atoms with Gasteiger partial charge in [-0.3, -0.25) is 19.1 Å². The highest BCUT2D eigenvalue weighted by Crippen LogP contribution is 2.28. The number of hydrogen-bond acceptors (Lipinski definition) is 4. The van der Waals surface area contributed by atoms with Gasteiger partial charge in [-0.25, -0.2) is 0 Å². The quantitative estimate of drug-likeness (QED) is 0.768. The topological polar surface area (TPSA) is 96.3 Å². The molecule has 0 spiro atoms. The molecule has 2 aromatic rings. The highest BCUT2D eigenvalue weighted by atomic mass is 16.2. The van der Waals surface area contributed by atoms with Crippen LogP contribution in [0, 0.1) is 13.8 Å². The molecule has 1 aromatic heterocycles. The van der Waals surface area contributed by atoms with Crippen molar-refractivity contribution in [2.45, 2.75) is 71.0 Å². The van der Waals surface area contributed by atoms with E-state index in [2.05, 4.69) is 15.7 Å². The first kappa shape index (κ1) is 22.0. The second-order valence-corrected chi connectivity index (χ2v) is 9.22. The molecule has 1 aliphatic heterocycles. The number of aryl methyl sites for hydroxylation is 1. The predicted molar refractivity (Wildman–Crippen MR) is 122 cm³/mol. The molecule has 8 nitrogen and oxygen atoms in total. The maximum absolute atomic E-state index is 13.2. The van der Waals surface area contributed by atoms with Crippen molar-refractivity contribution in [3.8, 4) is 0 Å². The van der Waals surface area contributed by atoms with E-state index in [1.165, 1.54) is 22.1 Å². The van der Waals surface area contributed by atoms with E-state index in [0.29, 0.717) is 11.4 Å². The van der Waals surface area contributed by atoms with Crippen LogP contribution < -0.4 is 10.6 Å². The molecule has 32 heavy (non-hydrogen) atoms. The smallest absolute Gasteiger partial charge is 0.276 e. The number of likely N-dealkylation sites (N-methyl/N-ethyl adjacent to an activating group) is 1. The van der Waals surface area contributed by atoms with Gasteiger partial charge in [-0.1, -0.05) is 31.4 Å². The van der Waals surface area contributed by atoms with Gasteiger partial charge in [-0.15, -0.1) is 0 Å². The van der Waals surface area contributed by atoms with Crippen LogP contribution in [0.3, 0.4) is 0 Å². The highest BCUT2D eigenvalue weighted by Gasteiger charge is 2.46. The van der Waals surface area contributed by atoms with Crippen molar-refractivity contribution in [1.29, 1.82) is 0 Å². The fourth-order valence-electron chi connectivity index (χ4n) is 4.50. The average molecular weight is 438 g/mol. The summed E-state index contributed by atoms with van der Waals surface area (Å²) in [6.07, 6.45) is 5.35. The second-order valence-electron chi connectivity index (χ2n) is 9.22. The van der Waals surface area contributed by atoms with E-state index in [4.69, 9.17) is 0 Å². The minimum Gasteiger partial charge on any atom is -0.351 e. The van der Waals surface area contributed by atoms with E-state index >= 15 is 0 Å². The monoisotopic (exact) mass is 437 g/mol. The molecule has 8 heteroatoms. The number of amides is 3. The summed E-state index contributed by atoms with van der Waals surface area (Å²) in [5, 5.41) is 10.4. The first-order valence-corrected chi connectivity index (χ1v) is 11.3. The molecule has 0 radical (unpaired) electrons. The van der Waals surface area contributed by atoms with Crippen LogP contribution in [0.25, 0.3) is 0 Å². The summed E-state index contributed by atoms with van der Waals surface area (Å²) in [5.74, 6) is -0.886. The normalized spacial score (nSPS) is 21.2. The first-order valence-electron chi connectivity index (χ1n) is 11.3. The maximum Gasteiger partial charge on any atom is 0.276 e. The largest absolute Gasteiger partial charge is 0.351 e. The standard InChI is InChI=1S/C24H31N5O3/c1-15-9-8-12-18(16(15)2)26-21(30)19-13-20-22(31)28(4)24(3,14-29(20)27-19)23(32)25-17-10-6-5-7-11-17/h8-9,12-13,17H,5-7,10-11,14H2,1-4H3,(H,25,32)(H,26,30). The summed E-state index contributed by atoms with van der Waals surface area (Å²) in [7, 11) is 1.63. The number of anilines is 1. The van der Waals surface area contributed by atoms with Gasteiger partial charge in [0.1, 0.15) is 11.2 Å². The molecule has 3 amide bonds. The van der Waals surface area contributed by atoms with Crippen LogP contribution in [0.5, 0.6) is 0 Å². The van der Waals surface area contributed by atoms with E-state index in [0.717, 1.165) is 36.8 Å². The molecule has 1 atom stereocenters. The van der Waals surface area contributed by atoms with Gasteiger partial charge in [0.25, 0.3) is 11.8 Å². The molecule has 2 N–H and O–H groups in total. The van der Waals surface area contributed by atoms with E-state index in [1.807, 2.05) is 32.0 Å². The van der Waals surface area contributed by atoms with Crippen LogP contribution in [0.15, 0.2) is 24.3 Å². The fourth-order valence-corrected chi connectivity index (χ4v) is 4.50. The number of nitrogens with one attached hydrogen (secondary N) is 2. The van der Waals surface area contributed by atoms with Crippen LogP contribution in [0.1, 0.15) is 71.1 Å². The van der Waals surface area contributed by atoms with E-state index in [9.17, 15) is 14.4 Å². The molecule has 170 valence electrons. The van der Waals surface area contributed by atoms with Crippen molar-refractivity contribution in [2.75, 3.05) is 12.4 Å². The third kappa shape index (κ3) is 3.89. The molecular formula is C24H31N5O3. The lowest BCUT2D eigenvalue weighted by molar-refractivity contribution is -0.133. The van der Waals surface area contributed by atoms with Gasteiger partial charge in [0.05, 0.1) is 6.54 Å². The Hall–Kier alpha value is -3.16. The zero-order valence-corrected chi connectivity index (χ0v) is 19.2. The zero-order valence-electron chi connectivity index (χ0n) is 19.2. The van der Waals surface area contributed by atoms with Crippen LogP contribution in [-0.4, -0.2) is 51.0 Å². The number of nitrogens with zero attached hydrogens (tertiary/aromatic N) is 3. The van der Waals surface area contributed by atoms with Gasteiger partial charge in [-0.05, 0) is 50.8 Å². The molecule has 0 bridgehead atoms. The summed E-state index contributed by atoms with van der Waals surface area (Å²) in [6.45, 7) is 5.87. The molecule has 2 aliphatic rings. The lowest BCUT2D eigenvalue weighted by Crippen LogP contribution is -2.63. The molecular weight excluding hydrogens is 406 g/mol. The summed E-state index contributed by atoms with van der Waals surface area (Å²) in [6, 6.07) is 7.34. The molecule has 4 rings (SSSR count). The molecule has 1 unspecified atom stereocenters. The molecule has 1 aliphatic carbocycles. The Morgan fingerprint density at radius 3 is 2.59 bits per heavy atom. The van der Waals surface area contributed by atoms with Gasteiger partial charge >= 0.3 is 0 Å². The lowest BCUT2D eigenvalue weighted by atomic mass is 9.92. The van der Waals surface area contributed by atoms with Crippen molar-refractivity contribution in [3.63, 3.8) is 0 Å². The summed E-state index contributed by atoms with van der Waals surface area (Å²) in [5.41, 5.74) is 2.15. The van der Waals surface area contributed by atoms with Crippen molar-refractivity contribution >= 4 is 23.4 Å². The van der Waals surface area contributed by atoms with Crippen molar-refractivity contribution < 1.29 is 14.4 Å². The number of aromatic nitrogens is 2. The van der Waals surface area contributed by atoms with Gasteiger partial charge < -0.3 is 15.5 Å². The zero-order chi connectivity index (χ0) is 23.0. The number of rotatable bonds is 4. The van der Waals surface area contributed by atoms with Crippen LogP contribution in [0.2, 0.25) is 0 Å². The van der Waals surface area contributed by atoms with Crippen molar-refractivity contribution in [3.05, 3.63) is 46.8 Å². The molecule has 1 fully saturated rings. The lowest BCUT2D eigenvalue weighted by Gasteiger charge is -2.41. The Morgan fingerprint density at radius 1 is 1.16 bits per heavy atom. The summed E-state index contributed by atoms with van der Waals surface area (Å²) >= 11 is 0. The third-order valence-electron chi connectivity index (χ3n) is 7.02. The molecule has 1 saturated carbocycles. The summed E-state index contributed by atoms with van der Waals surface area (Å²) in [4.78, 5) is 40.6. The second kappa shape index (κ2) is 8.41. The molecule has 2 heterocycles. The number of benzene rings is 1. The number of carbonyl (C=O) groups excluding carboxylic acids is 3. The SMILES string of the molecule is Cc1cccc(NC(=O)c2cc3n(n2)CC(C)(C(=O)NC2CCCCC2)N(C)C3=O)c1C. The minimum atomic E-state index is -1.07. The van der Waals surface area contributed by atoms with E-state index in [1.54, 1.807) is 14.0 Å². The molecule has 0 saturated heterocycles.